The van der Waals surface area contributed by atoms with Crippen molar-refractivity contribution in [2.45, 2.75) is 44.9 Å². The molecular weight excluding hydrogens is 348 g/mol. The van der Waals surface area contributed by atoms with E-state index in [4.69, 9.17) is 27.9 Å². The van der Waals surface area contributed by atoms with Crippen LogP contribution in [0.3, 0.4) is 0 Å². The third kappa shape index (κ3) is 4.62. The van der Waals surface area contributed by atoms with Gasteiger partial charge in [-0.3, -0.25) is 0 Å². The lowest BCUT2D eigenvalue weighted by molar-refractivity contribution is 0.301. The SMILES string of the molecule is Fc1ccc(COc2ccc(Cl)cc2CNC2CCCC2)c(Cl)c1. The highest BCUT2D eigenvalue weighted by atomic mass is 35.5. The maximum atomic E-state index is 13.1. The number of hydrogen-bond acceptors (Lipinski definition) is 2. The molecule has 0 aromatic heterocycles. The number of hydrogen-bond donors (Lipinski definition) is 1. The molecule has 0 saturated heterocycles. The highest BCUT2D eigenvalue weighted by Crippen LogP contribution is 2.26. The molecular formula is C19H20Cl2FNO. The molecule has 0 bridgehead atoms. The fourth-order valence-corrected chi connectivity index (χ4v) is 3.42. The fraction of sp³-hybridized carbons (Fsp3) is 0.368. The van der Waals surface area contributed by atoms with E-state index in [0.717, 1.165) is 23.4 Å². The van der Waals surface area contributed by atoms with Crippen molar-refractivity contribution in [3.8, 4) is 5.75 Å². The first-order valence-corrected chi connectivity index (χ1v) is 8.96. The van der Waals surface area contributed by atoms with Gasteiger partial charge >= 0.3 is 0 Å². The Hall–Kier alpha value is -1.29. The van der Waals surface area contributed by atoms with E-state index < -0.39 is 0 Å². The summed E-state index contributed by atoms with van der Waals surface area (Å²) < 4.78 is 19.0. The van der Waals surface area contributed by atoms with Crippen LogP contribution in [0.5, 0.6) is 5.75 Å². The smallest absolute Gasteiger partial charge is 0.124 e. The molecule has 0 aliphatic heterocycles. The van der Waals surface area contributed by atoms with E-state index in [1.165, 1.54) is 37.8 Å². The second kappa shape index (κ2) is 8.19. The highest BCUT2D eigenvalue weighted by Gasteiger charge is 2.15. The van der Waals surface area contributed by atoms with Crippen molar-refractivity contribution in [2.24, 2.45) is 0 Å². The van der Waals surface area contributed by atoms with Gasteiger partial charge in [-0.25, -0.2) is 4.39 Å². The quantitative estimate of drug-likeness (QED) is 0.702. The highest BCUT2D eigenvalue weighted by molar-refractivity contribution is 6.31. The molecule has 5 heteroatoms. The lowest BCUT2D eigenvalue weighted by Crippen LogP contribution is -2.25. The molecule has 0 radical (unpaired) electrons. The Balaban J connectivity index is 1.67. The largest absolute Gasteiger partial charge is 0.489 e. The predicted octanol–water partition coefficient (Wildman–Crippen LogP) is 5.74. The molecule has 3 rings (SSSR count). The van der Waals surface area contributed by atoms with Gasteiger partial charge in [0.15, 0.2) is 0 Å². The van der Waals surface area contributed by atoms with Crippen molar-refractivity contribution >= 4 is 23.2 Å². The van der Waals surface area contributed by atoms with Crippen LogP contribution in [0.4, 0.5) is 4.39 Å². The topological polar surface area (TPSA) is 21.3 Å². The summed E-state index contributed by atoms with van der Waals surface area (Å²) in [6, 6.07) is 10.5. The Labute approximate surface area is 151 Å². The van der Waals surface area contributed by atoms with Gasteiger partial charge in [0, 0.05) is 28.7 Å². The zero-order valence-electron chi connectivity index (χ0n) is 13.3. The summed E-state index contributed by atoms with van der Waals surface area (Å²) in [6.07, 6.45) is 5.03. The second-order valence-corrected chi connectivity index (χ2v) is 6.98. The molecule has 2 aromatic carbocycles. The molecule has 0 atom stereocenters. The van der Waals surface area contributed by atoms with Crippen LogP contribution in [0.15, 0.2) is 36.4 Å². The molecule has 1 aliphatic carbocycles. The van der Waals surface area contributed by atoms with Gasteiger partial charge < -0.3 is 10.1 Å². The number of halogens is 3. The lowest BCUT2D eigenvalue weighted by atomic mass is 10.1. The van der Waals surface area contributed by atoms with Crippen LogP contribution < -0.4 is 10.1 Å². The molecule has 24 heavy (non-hydrogen) atoms. The van der Waals surface area contributed by atoms with Gasteiger partial charge in [0.05, 0.1) is 5.02 Å². The molecule has 1 fully saturated rings. The van der Waals surface area contributed by atoms with Crippen LogP contribution in [0.25, 0.3) is 0 Å². The summed E-state index contributed by atoms with van der Waals surface area (Å²) in [6.45, 7) is 1.01. The predicted molar refractivity (Wildman–Crippen MR) is 96.3 cm³/mol. The first-order valence-electron chi connectivity index (χ1n) is 8.20. The minimum Gasteiger partial charge on any atom is -0.489 e. The average molecular weight is 368 g/mol. The summed E-state index contributed by atoms with van der Waals surface area (Å²) in [7, 11) is 0. The normalized spacial score (nSPS) is 15.0. The summed E-state index contributed by atoms with van der Waals surface area (Å²) in [4.78, 5) is 0. The van der Waals surface area contributed by atoms with Gasteiger partial charge in [-0.1, -0.05) is 42.1 Å². The van der Waals surface area contributed by atoms with Crippen LogP contribution in [0.1, 0.15) is 36.8 Å². The number of ether oxygens (including phenoxy) is 1. The van der Waals surface area contributed by atoms with Gasteiger partial charge in [0.25, 0.3) is 0 Å². The lowest BCUT2D eigenvalue weighted by Gasteiger charge is -2.16. The third-order valence-electron chi connectivity index (χ3n) is 4.36. The van der Waals surface area contributed by atoms with Crippen LogP contribution >= 0.6 is 23.2 Å². The van der Waals surface area contributed by atoms with Gasteiger partial charge in [-0.05, 0) is 43.2 Å². The van der Waals surface area contributed by atoms with Crippen LogP contribution in [0.2, 0.25) is 10.0 Å². The Morgan fingerprint density at radius 1 is 1.04 bits per heavy atom. The van der Waals surface area contributed by atoms with Gasteiger partial charge in [-0.15, -0.1) is 0 Å². The van der Waals surface area contributed by atoms with E-state index in [1.54, 1.807) is 6.07 Å². The van der Waals surface area contributed by atoms with Gasteiger partial charge in [0.2, 0.25) is 0 Å². The van der Waals surface area contributed by atoms with Crippen molar-refractivity contribution in [3.63, 3.8) is 0 Å². The fourth-order valence-electron chi connectivity index (χ4n) is 3.01. The van der Waals surface area contributed by atoms with Crippen LogP contribution in [0, 0.1) is 5.82 Å². The summed E-state index contributed by atoms with van der Waals surface area (Å²) in [5.74, 6) is 0.419. The zero-order chi connectivity index (χ0) is 16.9. The minimum absolute atomic E-state index is 0.289. The van der Waals surface area contributed by atoms with Crippen molar-refractivity contribution in [1.29, 1.82) is 0 Å². The Morgan fingerprint density at radius 3 is 2.58 bits per heavy atom. The van der Waals surface area contributed by atoms with E-state index in [9.17, 15) is 4.39 Å². The molecule has 1 saturated carbocycles. The van der Waals surface area contributed by atoms with Crippen molar-refractivity contribution in [2.75, 3.05) is 0 Å². The maximum Gasteiger partial charge on any atom is 0.124 e. The molecule has 2 aromatic rings. The number of benzene rings is 2. The Morgan fingerprint density at radius 2 is 1.83 bits per heavy atom. The molecule has 1 N–H and O–H groups in total. The number of nitrogens with one attached hydrogen (secondary N) is 1. The molecule has 0 heterocycles. The van der Waals surface area contributed by atoms with E-state index in [-0.39, 0.29) is 12.4 Å². The standard InChI is InChI=1S/C19H20Cl2FNO/c20-15-6-8-19(14(9-15)11-23-17-3-1-2-4-17)24-12-13-5-7-16(22)10-18(13)21/h5-10,17,23H,1-4,11-12H2. The van der Waals surface area contributed by atoms with Crippen LogP contribution in [-0.4, -0.2) is 6.04 Å². The molecule has 0 amide bonds. The zero-order valence-corrected chi connectivity index (χ0v) is 14.8. The summed E-state index contributed by atoms with van der Waals surface area (Å²) in [5.41, 5.74) is 1.77. The maximum absolute atomic E-state index is 13.1. The van der Waals surface area contributed by atoms with Crippen molar-refractivity contribution in [3.05, 3.63) is 63.4 Å². The van der Waals surface area contributed by atoms with E-state index in [1.807, 2.05) is 18.2 Å². The van der Waals surface area contributed by atoms with Gasteiger partial charge in [-0.2, -0.15) is 0 Å². The molecule has 0 spiro atoms. The van der Waals surface area contributed by atoms with Gasteiger partial charge in [0.1, 0.15) is 18.2 Å². The van der Waals surface area contributed by atoms with E-state index >= 15 is 0 Å². The van der Waals surface area contributed by atoms with Crippen molar-refractivity contribution < 1.29 is 9.13 Å². The van der Waals surface area contributed by atoms with Crippen LogP contribution in [-0.2, 0) is 13.2 Å². The third-order valence-corrected chi connectivity index (χ3v) is 4.94. The second-order valence-electron chi connectivity index (χ2n) is 6.14. The van der Waals surface area contributed by atoms with E-state index in [0.29, 0.717) is 16.1 Å². The summed E-state index contributed by atoms with van der Waals surface area (Å²) in [5, 5.41) is 4.62. The molecule has 1 aliphatic rings. The first kappa shape index (κ1) is 17.5. The number of rotatable bonds is 6. The molecule has 2 nitrogen and oxygen atoms in total. The Bertz CT molecular complexity index is 702. The minimum atomic E-state index is -0.350. The van der Waals surface area contributed by atoms with Crippen molar-refractivity contribution in [1.82, 2.24) is 5.32 Å². The first-order chi connectivity index (χ1) is 11.6. The molecule has 0 unspecified atom stereocenters. The molecule has 128 valence electrons. The average Bonchev–Trinajstić information content (AvgIpc) is 3.07. The monoisotopic (exact) mass is 367 g/mol. The Kier molecular flexibility index (Phi) is 5.99. The summed E-state index contributed by atoms with van der Waals surface area (Å²) >= 11 is 12.2. The van der Waals surface area contributed by atoms with E-state index in [2.05, 4.69) is 5.32 Å².